The Kier molecular flexibility index (Phi) is 4.50. The molecule has 1 heterocycles. The van der Waals surface area contributed by atoms with Gasteiger partial charge >= 0.3 is 0 Å². The average molecular weight is 271 g/mol. The number of hydrogen-bond donors (Lipinski definition) is 2. The van der Waals surface area contributed by atoms with E-state index in [2.05, 4.69) is 5.32 Å². The van der Waals surface area contributed by atoms with Crippen LogP contribution in [0.25, 0.3) is 0 Å². The van der Waals surface area contributed by atoms with Crippen molar-refractivity contribution in [2.24, 2.45) is 0 Å². The van der Waals surface area contributed by atoms with Gasteiger partial charge in [-0.3, -0.25) is 0 Å². The van der Waals surface area contributed by atoms with Crippen LogP contribution in [0.15, 0.2) is 18.2 Å². The van der Waals surface area contributed by atoms with E-state index in [9.17, 15) is 13.9 Å². The van der Waals surface area contributed by atoms with Crippen molar-refractivity contribution in [1.29, 1.82) is 0 Å². The molecular formula is C14H19F2NO2. The second kappa shape index (κ2) is 5.94. The first kappa shape index (κ1) is 14.4. The molecule has 1 aromatic carbocycles. The molecule has 0 aliphatic carbocycles. The van der Waals surface area contributed by atoms with E-state index in [1.54, 1.807) is 6.07 Å². The highest BCUT2D eigenvalue weighted by atomic mass is 19.2. The highest BCUT2D eigenvalue weighted by molar-refractivity contribution is 5.20. The lowest BCUT2D eigenvalue weighted by atomic mass is 9.94. The zero-order valence-corrected chi connectivity index (χ0v) is 11.0. The van der Waals surface area contributed by atoms with E-state index >= 15 is 0 Å². The van der Waals surface area contributed by atoms with Gasteiger partial charge in [-0.15, -0.1) is 0 Å². The fraction of sp³-hybridized carbons (Fsp3) is 0.571. The van der Waals surface area contributed by atoms with E-state index in [1.807, 2.05) is 6.92 Å². The molecule has 0 spiro atoms. The summed E-state index contributed by atoms with van der Waals surface area (Å²) in [5.74, 6) is -1.70. The van der Waals surface area contributed by atoms with Crippen LogP contribution in [-0.4, -0.2) is 30.5 Å². The standard InChI is InChI=1S/C14H19F2NO2/c1-10(11-2-3-12(15)13(16)8-11)17-9-14(18)4-6-19-7-5-14/h2-3,8,10,17-18H,4-7,9H2,1H3. The summed E-state index contributed by atoms with van der Waals surface area (Å²) in [6.45, 7) is 3.38. The van der Waals surface area contributed by atoms with E-state index in [1.165, 1.54) is 6.07 Å². The molecule has 1 aliphatic rings. The van der Waals surface area contributed by atoms with Crippen molar-refractivity contribution in [3.05, 3.63) is 35.4 Å². The van der Waals surface area contributed by atoms with Gasteiger partial charge in [0.25, 0.3) is 0 Å². The highest BCUT2D eigenvalue weighted by Gasteiger charge is 2.29. The van der Waals surface area contributed by atoms with Crippen LogP contribution in [0, 0.1) is 11.6 Å². The minimum absolute atomic E-state index is 0.151. The molecule has 3 nitrogen and oxygen atoms in total. The number of ether oxygens (including phenoxy) is 1. The molecule has 1 aromatic rings. The Morgan fingerprint density at radius 1 is 1.32 bits per heavy atom. The number of halogens is 2. The summed E-state index contributed by atoms with van der Waals surface area (Å²) in [7, 11) is 0. The van der Waals surface area contributed by atoms with Gasteiger partial charge in [0.05, 0.1) is 5.60 Å². The summed E-state index contributed by atoms with van der Waals surface area (Å²) in [6.07, 6.45) is 1.18. The molecule has 2 rings (SSSR count). The van der Waals surface area contributed by atoms with Gasteiger partial charge in [-0.1, -0.05) is 6.07 Å². The number of aliphatic hydroxyl groups is 1. The fourth-order valence-corrected chi connectivity index (χ4v) is 2.17. The maximum absolute atomic E-state index is 13.1. The molecular weight excluding hydrogens is 252 g/mol. The molecule has 1 aliphatic heterocycles. The number of hydrogen-bond acceptors (Lipinski definition) is 3. The van der Waals surface area contributed by atoms with Gasteiger partial charge in [-0.25, -0.2) is 8.78 Å². The third-order valence-corrected chi connectivity index (χ3v) is 3.60. The van der Waals surface area contributed by atoms with Gasteiger partial charge in [0.15, 0.2) is 11.6 Å². The lowest BCUT2D eigenvalue weighted by Gasteiger charge is -2.33. The summed E-state index contributed by atoms with van der Waals surface area (Å²) in [5, 5.41) is 13.5. The van der Waals surface area contributed by atoms with E-state index in [0.717, 1.165) is 6.07 Å². The first-order chi connectivity index (χ1) is 9.00. The van der Waals surface area contributed by atoms with E-state index in [0.29, 0.717) is 38.2 Å². The van der Waals surface area contributed by atoms with E-state index < -0.39 is 17.2 Å². The second-order valence-corrected chi connectivity index (χ2v) is 5.11. The summed E-state index contributed by atoms with van der Waals surface area (Å²) >= 11 is 0. The zero-order chi connectivity index (χ0) is 13.9. The highest BCUT2D eigenvalue weighted by Crippen LogP contribution is 2.21. The fourth-order valence-electron chi connectivity index (χ4n) is 2.17. The lowest BCUT2D eigenvalue weighted by molar-refractivity contribution is -0.0626. The summed E-state index contributed by atoms with van der Waals surface area (Å²) in [4.78, 5) is 0. The lowest BCUT2D eigenvalue weighted by Crippen LogP contribution is -2.45. The van der Waals surface area contributed by atoms with Crippen LogP contribution in [0.3, 0.4) is 0 Å². The van der Waals surface area contributed by atoms with Crippen LogP contribution in [0.5, 0.6) is 0 Å². The maximum Gasteiger partial charge on any atom is 0.159 e. The Morgan fingerprint density at radius 2 is 2.00 bits per heavy atom. The smallest absolute Gasteiger partial charge is 0.159 e. The van der Waals surface area contributed by atoms with Crippen LogP contribution >= 0.6 is 0 Å². The molecule has 0 saturated carbocycles. The Balaban J connectivity index is 1.93. The molecule has 5 heteroatoms. The predicted molar refractivity (Wildman–Crippen MR) is 67.8 cm³/mol. The van der Waals surface area contributed by atoms with Gasteiger partial charge in [-0.2, -0.15) is 0 Å². The van der Waals surface area contributed by atoms with Crippen LogP contribution in [0.1, 0.15) is 31.4 Å². The molecule has 106 valence electrons. The minimum atomic E-state index is -0.851. The molecule has 0 aromatic heterocycles. The van der Waals surface area contributed by atoms with Crippen molar-refractivity contribution in [3.8, 4) is 0 Å². The normalized spacial score (nSPS) is 20.2. The Labute approximate surface area is 111 Å². The molecule has 1 saturated heterocycles. The van der Waals surface area contributed by atoms with Crippen LogP contribution in [0.2, 0.25) is 0 Å². The van der Waals surface area contributed by atoms with Crippen molar-refractivity contribution >= 4 is 0 Å². The maximum atomic E-state index is 13.1. The Hall–Kier alpha value is -1.04. The minimum Gasteiger partial charge on any atom is -0.388 e. The van der Waals surface area contributed by atoms with Gasteiger partial charge in [0.1, 0.15) is 0 Å². The summed E-state index contributed by atoms with van der Waals surface area (Å²) < 4.78 is 31.2. The summed E-state index contributed by atoms with van der Waals surface area (Å²) in [5.41, 5.74) is -0.111. The SMILES string of the molecule is CC(NCC1(O)CCOCC1)c1ccc(F)c(F)c1. The Morgan fingerprint density at radius 3 is 2.63 bits per heavy atom. The molecule has 19 heavy (non-hydrogen) atoms. The van der Waals surface area contributed by atoms with Gasteiger partial charge in [-0.05, 0) is 24.6 Å². The van der Waals surface area contributed by atoms with Crippen LogP contribution in [0.4, 0.5) is 8.78 Å². The number of benzene rings is 1. The molecule has 0 amide bonds. The van der Waals surface area contributed by atoms with Crippen molar-refractivity contribution in [2.45, 2.75) is 31.4 Å². The van der Waals surface area contributed by atoms with Crippen molar-refractivity contribution in [1.82, 2.24) is 5.32 Å². The molecule has 1 atom stereocenters. The molecule has 0 bridgehead atoms. The van der Waals surface area contributed by atoms with Crippen LogP contribution < -0.4 is 5.32 Å². The van der Waals surface area contributed by atoms with Crippen molar-refractivity contribution in [3.63, 3.8) is 0 Å². The Bertz CT molecular complexity index is 433. The third-order valence-electron chi connectivity index (χ3n) is 3.60. The van der Waals surface area contributed by atoms with E-state index in [4.69, 9.17) is 4.74 Å². The quantitative estimate of drug-likeness (QED) is 0.881. The first-order valence-corrected chi connectivity index (χ1v) is 6.49. The topological polar surface area (TPSA) is 41.5 Å². The van der Waals surface area contributed by atoms with E-state index in [-0.39, 0.29) is 6.04 Å². The molecule has 1 fully saturated rings. The average Bonchev–Trinajstić information content (AvgIpc) is 2.40. The molecule has 1 unspecified atom stereocenters. The van der Waals surface area contributed by atoms with Gasteiger partial charge in [0.2, 0.25) is 0 Å². The first-order valence-electron chi connectivity index (χ1n) is 6.49. The number of rotatable bonds is 4. The van der Waals surface area contributed by atoms with Crippen molar-refractivity contribution < 1.29 is 18.6 Å². The third kappa shape index (κ3) is 3.72. The number of nitrogens with one attached hydrogen (secondary N) is 1. The van der Waals surface area contributed by atoms with Gasteiger partial charge < -0.3 is 15.2 Å². The second-order valence-electron chi connectivity index (χ2n) is 5.11. The predicted octanol–water partition coefficient (Wildman–Crippen LogP) is 2.16. The van der Waals surface area contributed by atoms with Crippen LogP contribution in [-0.2, 0) is 4.74 Å². The molecule has 0 radical (unpaired) electrons. The largest absolute Gasteiger partial charge is 0.388 e. The monoisotopic (exact) mass is 271 g/mol. The van der Waals surface area contributed by atoms with Gasteiger partial charge in [0, 0.05) is 38.6 Å². The molecule has 2 N–H and O–H groups in total. The zero-order valence-electron chi connectivity index (χ0n) is 11.0. The van der Waals surface area contributed by atoms with Crippen molar-refractivity contribution in [2.75, 3.05) is 19.8 Å². The summed E-state index contributed by atoms with van der Waals surface area (Å²) in [6, 6.07) is 3.69.